The lowest BCUT2D eigenvalue weighted by Gasteiger charge is -2.12. The van der Waals surface area contributed by atoms with Crippen LogP contribution in [0.4, 0.5) is 11.4 Å². The van der Waals surface area contributed by atoms with Crippen molar-refractivity contribution in [3.63, 3.8) is 0 Å². The molecule has 0 aliphatic rings. The van der Waals surface area contributed by atoms with Crippen LogP contribution < -0.4 is 15.8 Å². The highest BCUT2D eigenvalue weighted by molar-refractivity contribution is 6.00. The van der Waals surface area contributed by atoms with Gasteiger partial charge < -0.3 is 20.5 Å². The van der Waals surface area contributed by atoms with E-state index >= 15 is 0 Å². The molecule has 0 aromatic heterocycles. The molecule has 0 saturated heterocycles. The van der Waals surface area contributed by atoms with Crippen molar-refractivity contribution in [2.45, 2.75) is 0 Å². The third-order valence-corrected chi connectivity index (χ3v) is 1.99. The number of hydrogen-bond acceptors (Lipinski definition) is 4. The number of nitrogens with two attached hydrogens (primary N) is 1. The molecule has 92 valence electrons. The maximum atomic E-state index is 11.2. The minimum absolute atomic E-state index is 0.313. The number of rotatable bonds is 6. The Kier molecular flexibility index (Phi) is 5.03. The van der Waals surface area contributed by atoms with Crippen molar-refractivity contribution in [1.82, 2.24) is 0 Å². The molecular formula is C12H16N2O3. The fourth-order valence-electron chi connectivity index (χ4n) is 1.19. The van der Waals surface area contributed by atoms with E-state index in [0.717, 1.165) is 0 Å². The van der Waals surface area contributed by atoms with E-state index in [-0.39, 0.29) is 5.91 Å². The predicted octanol–water partition coefficient (Wildman–Crippen LogP) is 1.42. The molecule has 17 heavy (non-hydrogen) atoms. The molecule has 0 unspecified atom stereocenters. The maximum absolute atomic E-state index is 11.2. The van der Waals surface area contributed by atoms with Crippen LogP contribution in [0.3, 0.4) is 0 Å². The summed E-state index contributed by atoms with van der Waals surface area (Å²) in [4.78, 5) is 11.2. The first-order valence-corrected chi connectivity index (χ1v) is 5.12. The fourth-order valence-corrected chi connectivity index (χ4v) is 1.19. The first kappa shape index (κ1) is 13.1. The van der Waals surface area contributed by atoms with Crippen molar-refractivity contribution in [2.24, 2.45) is 0 Å². The van der Waals surface area contributed by atoms with Gasteiger partial charge in [-0.1, -0.05) is 6.58 Å². The Morgan fingerprint density at radius 2 is 2.29 bits per heavy atom. The topological polar surface area (TPSA) is 73.6 Å². The fraction of sp³-hybridized carbons (Fsp3) is 0.250. The van der Waals surface area contributed by atoms with Crippen molar-refractivity contribution in [3.8, 4) is 5.75 Å². The Morgan fingerprint density at radius 1 is 1.53 bits per heavy atom. The molecule has 0 spiro atoms. The number of hydrogen-bond donors (Lipinski definition) is 2. The number of carbonyl (C=O) groups excluding carboxylic acids is 1. The average molecular weight is 236 g/mol. The summed E-state index contributed by atoms with van der Waals surface area (Å²) >= 11 is 0. The quantitative estimate of drug-likeness (QED) is 0.445. The lowest BCUT2D eigenvalue weighted by molar-refractivity contribution is -0.111. The number of carbonyl (C=O) groups is 1. The monoisotopic (exact) mass is 236 g/mol. The maximum Gasteiger partial charge on any atom is 0.247 e. The van der Waals surface area contributed by atoms with Gasteiger partial charge in [-0.05, 0) is 24.3 Å². The highest BCUT2D eigenvalue weighted by Crippen LogP contribution is 2.26. The molecule has 0 aliphatic heterocycles. The molecule has 3 N–H and O–H groups in total. The van der Waals surface area contributed by atoms with Gasteiger partial charge in [0, 0.05) is 12.8 Å². The number of amides is 1. The van der Waals surface area contributed by atoms with Crippen LogP contribution in [0.1, 0.15) is 0 Å². The van der Waals surface area contributed by atoms with Crippen LogP contribution in [0.25, 0.3) is 0 Å². The van der Waals surface area contributed by atoms with Crippen molar-refractivity contribution < 1.29 is 14.3 Å². The Morgan fingerprint density at radius 3 is 2.94 bits per heavy atom. The minimum atomic E-state index is -0.313. The van der Waals surface area contributed by atoms with Crippen molar-refractivity contribution in [1.29, 1.82) is 0 Å². The van der Waals surface area contributed by atoms with Crippen LogP contribution >= 0.6 is 0 Å². The molecular weight excluding hydrogens is 220 g/mol. The lowest BCUT2D eigenvalue weighted by Crippen LogP contribution is -2.11. The average Bonchev–Trinajstić information content (AvgIpc) is 2.32. The summed E-state index contributed by atoms with van der Waals surface area (Å²) in [5.41, 5.74) is 6.71. The number of ether oxygens (including phenoxy) is 2. The smallest absolute Gasteiger partial charge is 0.247 e. The zero-order valence-corrected chi connectivity index (χ0v) is 9.73. The van der Waals surface area contributed by atoms with E-state index < -0.39 is 0 Å². The van der Waals surface area contributed by atoms with Gasteiger partial charge >= 0.3 is 0 Å². The van der Waals surface area contributed by atoms with Gasteiger partial charge in [0.05, 0.1) is 12.3 Å². The molecule has 0 bridgehead atoms. The van der Waals surface area contributed by atoms with E-state index in [1.807, 2.05) is 0 Å². The van der Waals surface area contributed by atoms with Crippen LogP contribution in [0.2, 0.25) is 0 Å². The normalized spacial score (nSPS) is 9.71. The van der Waals surface area contributed by atoms with Gasteiger partial charge in [0.2, 0.25) is 5.91 Å². The van der Waals surface area contributed by atoms with Crippen molar-refractivity contribution >= 4 is 17.3 Å². The number of nitrogens with one attached hydrogen (secondary N) is 1. The molecule has 0 fully saturated rings. The van der Waals surface area contributed by atoms with Gasteiger partial charge in [-0.15, -0.1) is 0 Å². The third kappa shape index (κ3) is 4.16. The van der Waals surface area contributed by atoms with E-state index in [1.54, 1.807) is 25.3 Å². The van der Waals surface area contributed by atoms with E-state index in [9.17, 15) is 4.79 Å². The van der Waals surface area contributed by atoms with Gasteiger partial charge in [-0.25, -0.2) is 0 Å². The molecule has 1 rings (SSSR count). The molecule has 0 aliphatic carbocycles. The molecule has 1 aromatic carbocycles. The van der Waals surface area contributed by atoms with Gasteiger partial charge in [0.25, 0.3) is 0 Å². The largest absolute Gasteiger partial charge is 0.489 e. The molecule has 0 heterocycles. The molecule has 1 aromatic rings. The summed E-state index contributed by atoms with van der Waals surface area (Å²) in [6.07, 6.45) is 1.18. The first-order chi connectivity index (χ1) is 8.17. The van der Waals surface area contributed by atoms with Crippen LogP contribution in [0, 0.1) is 0 Å². The van der Waals surface area contributed by atoms with E-state index in [1.165, 1.54) is 6.08 Å². The number of methoxy groups -OCH3 is 1. The van der Waals surface area contributed by atoms with Crippen molar-refractivity contribution in [3.05, 3.63) is 30.9 Å². The highest BCUT2D eigenvalue weighted by atomic mass is 16.5. The number of benzene rings is 1. The number of anilines is 2. The zero-order valence-electron chi connectivity index (χ0n) is 9.73. The van der Waals surface area contributed by atoms with Gasteiger partial charge in [0.1, 0.15) is 12.4 Å². The summed E-state index contributed by atoms with van der Waals surface area (Å²) in [6.45, 7) is 4.25. The highest BCUT2D eigenvalue weighted by Gasteiger charge is 2.06. The molecule has 1 amide bonds. The zero-order chi connectivity index (χ0) is 12.7. The van der Waals surface area contributed by atoms with E-state index in [2.05, 4.69) is 11.9 Å². The second-order valence-electron chi connectivity index (χ2n) is 3.29. The predicted molar refractivity (Wildman–Crippen MR) is 67.1 cm³/mol. The molecule has 0 saturated carbocycles. The summed E-state index contributed by atoms with van der Waals surface area (Å²) in [5, 5.41) is 2.63. The van der Waals surface area contributed by atoms with Crippen molar-refractivity contribution in [2.75, 3.05) is 31.4 Å². The van der Waals surface area contributed by atoms with Crippen LogP contribution in [-0.4, -0.2) is 26.2 Å². The summed E-state index contributed by atoms with van der Waals surface area (Å²) < 4.78 is 10.3. The Bertz CT molecular complexity index is 405. The molecule has 0 atom stereocenters. The first-order valence-electron chi connectivity index (χ1n) is 5.12. The SMILES string of the molecule is C=CC(=O)Nc1cc(N)ccc1OCCOC. The van der Waals surface area contributed by atoms with Crippen LogP contribution in [0.15, 0.2) is 30.9 Å². The summed E-state index contributed by atoms with van der Waals surface area (Å²) in [5.74, 6) is 0.235. The third-order valence-electron chi connectivity index (χ3n) is 1.99. The standard InChI is InChI=1S/C12H16N2O3/c1-3-12(15)14-10-8-9(13)4-5-11(10)17-7-6-16-2/h3-5,8H,1,6-7,13H2,2H3,(H,14,15). The van der Waals surface area contributed by atoms with Crippen LogP contribution in [-0.2, 0) is 9.53 Å². The lowest BCUT2D eigenvalue weighted by atomic mass is 10.2. The van der Waals surface area contributed by atoms with Gasteiger partial charge in [-0.2, -0.15) is 0 Å². The van der Waals surface area contributed by atoms with Crippen LogP contribution in [0.5, 0.6) is 5.75 Å². The summed E-state index contributed by atoms with van der Waals surface area (Å²) in [7, 11) is 1.59. The Balaban J connectivity index is 2.79. The second-order valence-corrected chi connectivity index (χ2v) is 3.29. The van der Waals surface area contributed by atoms with E-state index in [0.29, 0.717) is 30.3 Å². The molecule has 5 heteroatoms. The van der Waals surface area contributed by atoms with Gasteiger partial charge in [0.15, 0.2) is 0 Å². The number of nitrogen functional groups attached to an aromatic ring is 1. The Labute approximate surface area is 100 Å². The van der Waals surface area contributed by atoms with Gasteiger partial charge in [-0.3, -0.25) is 4.79 Å². The minimum Gasteiger partial charge on any atom is -0.489 e. The molecule has 0 radical (unpaired) electrons. The molecule has 5 nitrogen and oxygen atoms in total. The second kappa shape index (κ2) is 6.55. The summed E-state index contributed by atoms with van der Waals surface area (Å²) in [6, 6.07) is 5.03. The Hall–Kier alpha value is -2.01. The van der Waals surface area contributed by atoms with E-state index in [4.69, 9.17) is 15.2 Å².